The summed E-state index contributed by atoms with van der Waals surface area (Å²) in [4.78, 5) is 4.27. The topological polar surface area (TPSA) is 26.7 Å². The molecule has 1 aliphatic rings. The highest BCUT2D eigenvalue weighted by molar-refractivity contribution is 5.51. The standard InChI is InChI=1S/C21H23FN2O/c1-21(25,11-10-17-6-4-3-5-7-17)18-8-9-20(19(22)16-18)24-14-12-23(2)13-15-24/h3-9,16,25H,12-15H2,1-2H3. The van der Waals surface area contributed by atoms with Gasteiger partial charge < -0.3 is 14.9 Å². The van der Waals surface area contributed by atoms with E-state index in [9.17, 15) is 9.50 Å². The minimum atomic E-state index is -1.41. The highest BCUT2D eigenvalue weighted by Gasteiger charge is 2.23. The van der Waals surface area contributed by atoms with Crippen LogP contribution in [0.3, 0.4) is 0 Å². The summed E-state index contributed by atoms with van der Waals surface area (Å²) in [5, 5.41) is 10.6. The molecule has 0 radical (unpaired) electrons. The summed E-state index contributed by atoms with van der Waals surface area (Å²) in [5.41, 5.74) is 0.462. The van der Waals surface area contributed by atoms with Crippen LogP contribution >= 0.6 is 0 Å². The highest BCUT2D eigenvalue weighted by Crippen LogP contribution is 2.27. The van der Waals surface area contributed by atoms with Crippen LogP contribution in [0.15, 0.2) is 48.5 Å². The Morgan fingerprint density at radius 3 is 2.36 bits per heavy atom. The van der Waals surface area contributed by atoms with Crippen LogP contribution in [0, 0.1) is 17.7 Å². The summed E-state index contributed by atoms with van der Waals surface area (Å²) in [6, 6.07) is 14.3. The molecule has 0 aromatic heterocycles. The lowest BCUT2D eigenvalue weighted by molar-refractivity contribution is 0.122. The lowest BCUT2D eigenvalue weighted by Gasteiger charge is -2.34. The van der Waals surface area contributed by atoms with E-state index in [1.807, 2.05) is 35.2 Å². The van der Waals surface area contributed by atoms with Crippen molar-refractivity contribution in [3.05, 3.63) is 65.5 Å². The number of piperazine rings is 1. The Balaban J connectivity index is 1.81. The van der Waals surface area contributed by atoms with Crippen molar-refractivity contribution in [1.29, 1.82) is 0 Å². The van der Waals surface area contributed by atoms with Crippen molar-refractivity contribution in [2.45, 2.75) is 12.5 Å². The van der Waals surface area contributed by atoms with Crippen molar-refractivity contribution >= 4 is 5.69 Å². The number of anilines is 1. The number of hydrogen-bond donors (Lipinski definition) is 1. The quantitative estimate of drug-likeness (QED) is 0.853. The maximum absolute atomic E-state index is 14.6. The Morgan fingerprint density at radius 2 is 1.72 bits per heavy atom. The molecule has 0 bridgehead atoms. The average molecular weight is 338 g/mol. The van der Waals surface area contributed by atoms with Gasteiger partial charge in [-0.15, -0.1) is 0 Å². The first kappa shape index (κ1) is 17.5. The van der Waals surface area contributed by atoms with Crippen molar-refractivity contribution < 1.29 is 9.50 Å². The molecule has 3 rings (SSSR count). The van der Waals surface area contributed by atoms with Crippen molar-refractivity contribution in [3.63, 3.8) is 0 Å². The van der Waals surface area contributed by atoms with Crippen LogP contribution in [0.1, 0.15) is 18.1 Å². The number of likely N-dealkylation sites (N-methyl/N-ethyl adjacent to an activating group) is 1. The molecule has 1 aliphatic heterocycles. The molecule has 0 spiro atoms. The van der Waals surface area contributed by atoms with Crippen molar-refractivity contribution in [3.8, 4) is 11.8 Å². The smallest absolute Gasteiger partial charge is 0.148 e. The largest absolute Gasteiger partial charge is 0.374 e. The van der Waals surface area contributed by atoms with Gasteiger partial charge in [-0.2, -0.15) is 0 Å². The normalized spacial score (nSPS) is 17.5. The molecule has 3 nitrogen and oxygen atoms in total. The molecule has 1 unspecified atom stereocenters. The van der Waals surface area contributed by atoms with Gasteiger partial charge in [0.15, 0.2) is 0 Å². The maximum Gasteiger partial charge on any atom is 0.148 e. The van der Waals surface area contributed by atoms with Crippen molar-refractivity contribution in [2.24, 2.45) is 0 Å². The van der Waals surface area contributed by atoms with Crippen LogP contribution in [0.4, 0.5) is 10.1 Å². The van der Waals surface area contributed by atoms with Crippen LogP contribution < -0.4 is 4.90 Å². The fourth-order valence-corrected chi connectivity index (χ4v) is 2.90. The number of benzene rings is 2. The Labute approximate surface area is 148 Å². The van der Waals surface area contributed by atoms with Crippen LogP contribution in [-0.2, 0) is 5.60 Å². The SMILES string of the molecule is CN1CCN(c2ccc(C(C)(O)C#Cc3ccccc3)cc2F)CC1. The number of halogens is 1. The maximum atomic E-state index is 14.6. The van der Waals surface area contributed by atoms with E-state index in [4.69, 9.17) is 0 Å². The predicted octanol–water partition coefficient (Wildman–Crippen LogP) is 2.84. The highest BCUT2D eigenvalue weighted by atomic mass is 19.1. The Kier molecular flexibility index (Phi) is 5.08. The molecule has 1 N–H and O–H groups in total. The van der Waals surface area contributed by atoms with Gasteiger partial charge in [0.05, 0.1) is 5.69 Å². The third-order valence-corrected chi connectivity index (χ3v) is 4.58. The van der Waals surface area contributed by atoms with Gasteiger partial charge in [0.1, 0.15) is 11.4 Å². The minimum absolute atomic E-state index is 0.316. The predicted molar refractivity (Wildman–Crippen MR) is 99.0 cm³/mol. The van der Waals surface area contributed by atoms with Gasteiger partial charge >= 0.3 is 0 Å². The third-order valence-electron chi connectivity index (χ3n) is 4.58. The molecule has 4 heteroatoms. The third kappa shape index (κ3) is 4.19. The molecule has 0 saturated carbocycles. The zero-order valence-electron chi connectivity index (χ0n) is 14.7. The number of rotatable bonds is 2. The number of aliphatic hydroxyl groups is 1. The summed E-state index contributed by atoms with van der Waals surface area (Å²) in [7, 11) is 2.07. The van der Waals surface area contributed by atoms with E-state index in [0.717, 1.165) is 31.7 Å². The molecule has 0 amide bonds. The molecular weight excluding hydrogens is 315 g/mol. The lowest BCUT2D eigenvalue weighted by atomic mass is 9.95. The second-order valence-corrected chi connectivity index (χ2v) is 6.64. The molecule has 130 valence electrons. The Morgan fingerprint density at radius 1 is 1.04 bits per heavy atom. The summed E-state index contributed by atoms with van der Waals surface area (Å²) < 4.78 is 14.6. The molecule has 2 aromatic rings. The zero-order valence-corrected chi connectivity index (χ0v) is 14.7. The summed E-state index contributed by atoms with van der Waals surface area (Å²) in [6.45, 7) is 5.03. The molecule has 1 saturated heterocycles. The number of nitrogens with zero attached hydrogens (tertiary/aromatic N) is 2. The monoisotopic (exact) mass is 338 g/mol. The van der Waals surface area contributed by atoms with E-state index in [0.29, 0.717) is 11.3 Å². The van der Waals surface area contributed by atoms with E-state index in [-0.39, 0.29) is 5.82 Å². The molecule has 1 heterocycles. The van der Waals surface area contributed by atoms with Gasteiger partial charge in [-0.25, -0.2) is 4.39 Å². The fourth-order valence-electron chi connectivity index (χ4n) is 2.90. The first-order valence-corrected chi connectivity index (χ1v) is 8.50. The van der Waals surface area contributed by atoms with E-state index < -0.39 is 5.60 Å². The second kappa shape index (κ2) is 7.26. The molecule has 25 heavy (non-hydrogen) atoms. The number of hydrogen-bond acceptors (Lipinski definition) is 3. The van der Waals surface area contributed by atoms with Gasteiger partial charge in [-0.05, 0) is 43.8 Å². The average Bonchev–Trinajstić information content (AvgIpc) is 2.62. The van der Waals surface area contributed by atoms with E-state index in [1.54, 1.807) is 19.1 Å². The molecule has 0 aliphatic carbocycles. The first-order chi connectivity index (χ1) is 12.0. The van der Waals surface area contributed by atoms with E-state index in [2.05, 4.69) is 23.8 Å². The van der Waals surface area contributed by atoms with Crippen molar-refractivity contribution in [2.75, 3.05) is 38.1 Å². The summed E-state index contributed by atoms with van der Waals surface area (Å²) >= 11 is 0. The minimum Gasteiger partial charge on any atom is -0.374 e. The Bertz CT molecular complexity index is 785. The molecular formula is C21H23FN2O. The zero-order chi connectivity index (χ0) is 17.9. The van der Waals surface area contributed by atoms with Gasteiger partial charge in [0.25, 0.3) is 0 Å². The van der Waals surface area contributed by atoms with Crippen LogP contribution in [0.2, 0.25) is 0 Å². The molecule has 2 aromatic carbocycles. The van der Waals surface area contributed by atoms with Crippen molar-refractivity contribution in [1.82, 2.24) is 4.90 Å². The van der Waals surface area contributed by atoms with Gasteiger partial charge in [-0.3, -0.25) is 0 Å². The summed E-state index contributed by atoms with van der Waals surface area (Å²) in [5.74, 6) is 5.47. The fraction of sp³-hybridized carbons (Fsp3) is 0.333. The first-order valence-electron chi connectivity index (χ1n) is 8.50. The van der Waals surface area contributed by atoms with Gasteiger partial charge in [0.2, 0.25) is 0 Å². The lowest BCUT2D eigenvalue weighted by Crippen LogP contribution is -2.44. The summed E-state index contributed by atoms with van der Waals surface area (Å²) in [6.07, 6.45) is 0. The van der Waals surface area contributed by atoms with Crippen LogP contribution in [0.25, 0.3) is 0 Å². The van der Waals surface area contributed by atoms with Crippen LogP contribution in [-0.4, -0.2) is 43.2 Å². The molecule has 1 atom stereocenters. The van der Waals surface area contributed by atoms with Crippen LogP contribution in [0.5, 0.6) is 0 Å². The van der Waals surface area contributed by atoms with E-state index in [1.165, 1.54) is 6.07 Å². The van der Waals surface area contributed by atoms with Gasteiger partial charge in [0, 0.05) is 31.7 Å². The second-order valence-electron chi connectivity index (χ2n) is 6.64. The molecule has 1 fully saturated rings. The van der Waals surface area contributed by atoms with E-state index >= 15 is 0 Å². The Hall–Kier alpha value is -2.35. The van der Waals surface area contributed by atoms with Gasteiger partial charge in [-0.1, -0.05) is 36.1 Å².